The predicted octanol–water partition coefficient (Wildman–Crippen LogP) is 5.42. The molecular formula is C28H30N4O2. The number of methoxy groups -OCH3 is 1. The van der Waals surface area contributed by atoms with Gasteiger partial charge in [-0.25, -0.2) is 9.97 Å². The fourth-order valence-electron chi connectivity index (χ4n) is 4.15. The number of carbonyl (C=O) groups excluding carboxylic acids is 1. The molecule has 4 aromatic rings. The number of fused-ring (bicyclic) bond motifs is 1. The minimum atomic E-state index is -0.0280. The lowest BCUT2D eigenvalue weighted by molar-refractivity contribution is 0.0785. The summed E-state index contributed by atoms with van der Waals surface area (Å²) in [6.45, 7) is 6.55. The number of ether oxygens (including phenoxy) is 1. The molecule has 0 radical (unpaired) electrons. The van der Waals surface area contributed by atoms with Crippen LogP contribution >= 0.6 is 0 Å². The third-order valence-corrected chi connectivity index (χ3v) is 6.04. The van der Waals surface area contributed by atoms with Crippen LogP contribution in [-0.2, 0) is 6.54 Å². The average molecular weight is 455 g/mol. The lowest BCUT2D eigenvalue weighted by Gasteiger charge is -2.21. The maximum atomic E-state index is 12.9. The molecule has 0 spiro atoms. The van der Waals surface area contributed by atoms with Gasteiger partial charge in [0.15, 0.2) is 0 Å². The summed E-state index contributed by atoms with van der Waals surface area (Å²) in [5.74, 6) is 1.66. The fraction of sp³-hybridized carbons (Fsp3) is 0.250. The number of aromatic nitrogens is 2. The Morgan fingerprint density at radius 2 is 1.65 bits per heavy atom. The molecule has 0 atom stereocenters. The van der Waals surface area contributed by atoms with E-state index in [1.807, 2.05) is 25.2 Å². The molecule has 3 aromatic carbocycles. The molecule has 1 heterocycles. The van der Waals surface area contributed by atoms with Crippen molar-refractivity contribution >= 4 is 22.6 Å². The van der Waals surface area contributed by atoms with Crippen LogP contribution in [-0.4, -0.2) is 48.0 Å². The molecule has 0 bridgehead atoms. The Bertz CT molecular complexity index is 1280. The molecule has 1 amide bonds. The van der Waals surface area contributed by atoms with Gasteiger partial charge in [-0.3, -0.25) is 4.79 Å². The van der Waals surface area contributed by atoms with Gasteiger partial charge in [0.1, 0.15) is 17.9 Å². The topological polar surface area (TPSA) is 58.6 Å². The highest BCUT2D eigenvalue weighted by Crippen LogP contribution is 2.29. The van der Waals surface area contributed by atoms with Crippen molar-refractivity contribution in [1.82, 2.24) is 14.9 Å². The van der Waals surface area contributed by atoms with Gasteiger partial charge in [0.05, 0.1) is 12.6 Å². The Morgan fingerprint density at radius 3 is 2.35 bits per heavy atom. The summed E-state index contributed by atoms with van der Waals surface area (Å²) in [5.41, 5.74) is 4.83. The lowest BCUT2D eigenvalue weighted by Crippen LogP contribution is -2.26. The van der Waals surface area contributed by atoms with E-state index in [-0.39, 0.29) is 5.91 Å². The van der Waals surface area contributed by atoms with Crippen LogP contribution < -0.4 is 9.64 Å². The Hall–Kier alpha value is -3.93. The van der Waals surface area contributed by atoms with E-state index in [1.54, 1.807) is 42.6 Å². The lowest BCUT2D eigenvalue weighted by atomic mass is 10.0. The van der Waals surface area contributed by atoms with E-state index in [4.69, 9.17) is 4.74 Å². The zero-order valence-electron chi connectivity index (χ0n) is 20.2. The zero-order valence-corrected chi connectivity index (χ0v) is 20.2. The highest BCUT2D eigenvalue weighted by Gasteiger charge is 2.14. The molecule has 34 heavy (non-hydrogen) atoms. The first-order chi connectivity index (χ1) is 16.5. The summed E-state index contributed by atoms with van der Waals surface area (Å²) in [6, 6.07) is 21.8. The van der Waals surface area contributed by atoms with Crippen molar-refractivity contribution in [1.29, 1.82) is 0 Å². The van der Waals surface area contributed by atoms with Gasteiger partial charge in [0, 0.05) is 37.6 Å². The molecule has 0 saturated carbocycles. The first-order valence-corrected chi connectivity index (χ1v) is 11.5. The van der Waals surface area contributed by atoms with Gasteiger partial charge >= 0.3 is 0 Å². The minimum Gasteiger partial charge on any atom is -0.497 e. The Kier molecular flexibility index (Phi) is 7.07. The quantitative estimate of drug-likeness (QED) is 0.356. The Balaban J connectivity index is 1.59. The number of carbonyl (C=O) groups is 1. The molecule has 1 aromatic heterocycles. The van der Waals surface area contributed by atoms with Gasteiger partial charge in [0.2, 0.25) is 0 Å². The average Bonchev–Trinajstić information content (AvgIpc) is 2.89. The predicted molar refractivity (Wildman–Crippen MR) is 137 cm³/mol. The smallest absolute Gasteiger partial charge is 0.253 e. The van der Waals surface area contributed by atoms with Gasteiger partial charge < -0.3 is 14.5 Å². The van der Waals surface area contributed by atoms with E-state index in [0.717, 1.165) is 52.3 Å². The standard InChI is InChI=1S/C28H30N4O2/c1-5-32(6-2)27-25-17-23(12-15-26(25)29-19-30-27)22-9-7-8-20(16-22)18-31(3)28(33)21-10-13-24(34-4)14-11-21/h7-17,19H,5-6,18H2,1-4H3. The molecule has 0 fully saturated rings. The summed E-state index contributed by atoms with van der Waals surface area (Å²) in [5, 5.41) is 1.04. The molecule has 0 unspecified atom stereocenters. The van der Waals surface area contributed by atoms with E-state index in [1.165, 1.54) is 0 Å². The van der Waals surface area contributed by atoms with Gasteiger partial charge in [0.25, 0.3) is 5.91 Å². The van der Waals surface area contributed by atoms with Gasteiger partial charge in [-0.05, 0) is 73.0 Å². The Morgan fingerprint density at radius 1 is 0.912 bits per heavy atom. The molecule has 4 rings (SSSR count). The molecule has 0 aliphatic carbocycles. The molecule has 0 aliphatic rings. The summed E-state index contributed by atoms with van der Waals surface area (Å²) < 4.78 is 5.18. The summed E-state index contributed by atoms with van der Waals surface area (Å²) in [6.07, 6.45) is 1.63. The van der Waals surface area contributed by atoms with E-state index in [2.05, 4.69) is 53.0 Å². The van der Waals surface area contributed by atoms with Crippen LogP contribution in [0.5, 0.6) is 5.75 Å². The van der Waals surface area contributed by atoms with E-state index in [9.17, 15) is 4.79 Å². The molecule has 0 N–H and O–H groups in total. The van der Waals surface area contributed by atoms with Crippen molar-refractivity contribution in [2.45, 2.75) is 20.4 Å². The number of amides is 1. The number of hydrogen-bond donors (Lipinski definition) is 0. The normalized spacial score (nSPS) is 10.8. The summed E-state index contributed by atoms with van der Waals surface area (Å²) in [4.78, 5) is 25.9. The van der Waals surface area contributed by atoms with Crippen LogP contribution in [0, 0.1) is 0 Å². The zero-order chi connectivity index (χ0) is 24.1. The van der Waals surface area contributed by atoms with Crippen LogP contribution in [0.25, 0.3) is 22.0 Å². The summed E-state index contributed by atoms with van der Waals surface area (Å²) >= 11 is 0. The van der Waals surface area contributed by atoms with Crippen molar-refractivity contribution < 1.29 is 9.53 Å². The maximum Gasteiger partial charge on any atom is 0.253 e. The van der Waals surface area contributed by atoms with Crippen LogP contribution in [0.2, 0.25) is 0 Å². The van der Waals surface area contributed by atoms with Crippen molar-refractivity contribution in [2.75, 3.05) is 32.1 Å². The fourth-order valence-corrected chi connectivity index (χ4v) is 4.15. The molecule has 0 aliphatic heterocycles. The van der Waals surface area contributed by atoms with E-state index in [0.29, 0.717) is 12.1 Å². The van der Waals surface area contributed by atoms with Crippen molar-refractivity contribution in [3.05, 3.63) is 84.2 Å². The third-order valence-electron chi connectivity index (χ3n) is 6.04. The highest BCUT2D eigenvalue weighted by molar-refractivity contribution is 5.94. The second-order valence-corrected chi connectivity index (χ2v) is 8.19. The molecule has 6 heteroatoms. The molecule has 0 saturated heterocycles. The monoisotopic (exact) mass is 454 g/mol. The van der Waals surface area contributed by atoms with Crippen molar-refractivity contribution in [2.24, 2.45) is 0 Å². The number of hydrogen-bond acceptors (Lipinski definition) is 5. The Labute approximate surface area is 200 Å². The number of nitrogens with zero attached hydrogens (tertiary/aromatic N) is 4. The second kappa shape index (κ2) is 10.3. The van der Waals surface area contributed by atoms with Crippen LogP contribution in [0.15, 0.2) is 73.1 Å². The van der Waals surface area contributed by atoms with Gasteiger partial charge in [-0.2, -0.15) is 0 Å². The van der Waals surface area contributed by atoms with Crippen molar-refractivity contribution in [3.8, 4) is 16.9 Å². The number of anilines is 1. The highest BCUT2D eigenvalue weighted by atomic mass is 16.5. The van der Waals surface area contributed by atoms with E-state index < -0.39 is 0 Å². The molecule has 174 valence electrons. The third kappa shape index (κ3) is 4.86. The number of benzene rings is 3. The van der Waals surface area contributed by atoms with Crippen LogP contribution in [0.4, 0.5) is 5.82 Å². The van der Waals surface area contributed by atoms with Gasteiger partial charge in [-0.1, -0.05) is 24.3 Å². The largest absolute Gasteiger partial charge is 0.497 e. The molecule has 6 nitrogen and oxygen atoms in total. The van der Waals surface area contributed by atoms with Crippen molar-refractivity contribution in [3.63, 3.8) is 0 Å². The first-order valence-electron chi connectivity index (χ1n) is 11.5. The van der Waals surface area contributed by atoms with Gasteiger partial charge in [-0.15, -0.1) is 0 Å². The second-order valence-electron chi connectivity index (χ2n) is 8.19. The SMILES string of the molecule is CCN(CC)c1ncnc2ccc(-c3cccc(CN(C)C(=O)c4ccc(OC)cc4)c3)cc12. The first kappa shape index (κ1) is 23.2. The minimum absolute atomic E-state index is 0.0280. The van der Waals surface area contributed by atoms with E-state index >= 15 is 0 Å². The number of rotatable bonds is 8. The van der Waals surface area contributed by atoms with Crippen LogP contribution in [0.1, 0.15) is 29.8 Å². The van der Waals surface area contributed by atoms with Crippen LogP contribution in [0.3, 0.4) is 0 Å². The maximum absolute atomic E-state index is 12.9. The summed E-state index contributed by atoms with van der Waals surface area (Å²) in [7, 11) is 3.44. The molecular weight excluding hydrogens is 424 g/mol.